The second-order valence-electron chi connectivity index (χ2n) is 4.99. The number of tetrazole rings is 1. The van der Waals surface area contributed by atoms with Crippen molar-refractivity contribution in [2.24, 2.45) is 0 Å². The van der Waals surface area contributed by atoms with Gasteiger partial charge in [0.05, 0.1) is 12.0 Å². The number of imide groups is 1. The molecule has 0 bridgehead atoms. The summed E-state index contributed by atoms with van der Waals surface area (Å²) in [7, 11) is 0. The molecule has 7 nitrogen and oxygen atoms in total. The number of aromatic amines is 1. The van der Waals surface area contributed by atoms with Crippen LogP contribution in [0.1, 0.15) is 24.7 Å². The molecular weight excluding hydrogens is 258 g/mol. The van der Waals surface area contributed by atoms with Gasteiger partial charge in [0.2, 0.25) is 11.8 Å². The largest absolute Gasteiger partial charge is 0.274 e. The first kappa shape index (κ1) is 12.5. The van der Waals surface area contributed by atoms with Gasteiger partial charge in [-0.05, 0) is 12.5 Å². The molecule has 1 N–H and O–H groups in total. The number of hydrogen-bond donors (Lipinski definition) is 1. The lowest BCUT2D eigenvalue weighted by atomic mass is 9.81. The molecule has 0 aliphatic carbocycles. The highest BCUT2D eigenvalue weighted by Crippen LogP contribution is 2.36. The molecule has 2 aromatic rings. The first-order valence-electron chi connectivity index (χ1n) is 6.24. The molecule has 3 rings (SSSR count). The van der Waals surface area contributed by atoms with Crippen LogP contribution >= 0.6 is 0 Å². The molecule has 1 atom stereocenters. The Balaban J connectivity index is 1.90. The summed E-state index contributed by atoms with van der Waals surface area (Å²) in [6.45, 7) is 1.84. The minimum Gasteiger partial charge on any atom is -0.274 e. The zero-order chi connectivity index (χ0) is 14.2. The molecule has 0 saturated carbocycles. The van der Waals surface area contributed by atoms with Crippen molar-refractivity contribution in [1.82, 2.24) is 25.5 Å². The molecule has 20 heavy (non-hydrogen) atoms. The summed E-state index contributed by atoms with van der Waals surface area (Å²) in [4.78, 5) is 25.9. The van der Waals surface area contributed by atoms with Gasteiger partial charge >= 0.3 is 0 Å². The van der Waals surface area contributed by atoms with E-state index in [1.165, 1.54) is 4.90 Å². The second kappa shape index (κ2) is 4.52. The zero-order valence-corrected chi connectivity index (χ0v) is 10.9. The van der Waals surface area contributed by atoms with Gasteiger partial charge in [0.15, 0.2) is 5.82 Å². The van der Waals surface area contributed by atoms with Gasteiger partial charge in [-0.25, -0.2) is 0 Å². The third-order valence-electron chi connectivity index (χ3n) is 3.62. The molecule has 7 heteroatoms. The van der Waals surface area contributed by atoms with Crippen molar-refractivity contribution >= 4 is 11.8 Å². The number of H-pyrrole nitrogens is 1. The first-order valence-corrected chi connectivity index (χ1v) is 6.24. The van der Waals surface area contributed by atoms with E-state index in [1.807, 2.05) is 30.3 Å². The van der Waals surface area contributed by atoms with E-state index in [-0.39, 0.29) is 24.8 Å². The highest BCUT2D eigenvalue weighted by atomic mass is 16.2. The Morgan fingerprint density at radius 2 is 2.05 bits per heavy atom. The van der Waals surface area contributed by atoms with Gasteiger partial charge in [-0.2, -0.15) is 5.21 Å². The summed E-state index contributed by atoms with van der Waals surface area (Å²) in [5.74, 6) is -0.117. The monoisotopic (exact) mass is 271 g/mol. The highest BCUT2D eigenvalue weighted by Gasteiger charge is 2.49. The quantitative estimate of drug-likeness (QED) is 0.817. The number of hydrogen-bond acceptors (Lipinski definition) is 5. The molecule has 1 aromatic carbocycles. The van der Waals surface area contributed by atoms with Crippen LogP contribution in [0.25, 0.3) is 0 Å². The summed E-state index contributed by atoms with van der Waals surface area (Å²) < 4.78 is 0. The molecule has 1 aromatic heterocycles. The fraction of sp³-hybridized carbons (Fsp3) is 0.308. The van der Waals surface area contributed by atoms with E-state index in [0.29, 0.717) is 5.82 Å². The second-order valence-corrected chi connectivity index (χ2v) is 4.99. The Bertz CT molecular complexity index is 640. The molecule has 0 radical (unpaired) electrons. The highest BCUT2D eigenvalue weighted by molar-refractivity contribution is 6.08. The van der Waals surface area contributed by atoms with Crippen LogP contribution in [0.5, 0.6) is 0 Å². The van der Waals surface area contributed by atoms with Gasteiger partial charge in [-0.15, -0.1) is 10.2 Å². The Kier molecular flexibility index (Phi) is 2.81. The zero-order valence-electron chi connectivity index (χ0n) is 10.9. The topological polar surface area (TPSA) is 91.8 Å². The molecule has 1 saturated heterocycles. The summed E-state index contributed by atoms with van der Waals surface area (Å²) >= 11 is 0. The number of nitrogens with one attached hydrogen (secondary N) is 1. The molecule has 0 spiro atoms. The summed E-state index contributed by atoms with van der Waals surface area (Å²) in [6.07, 6.45) is 0.160. The number of aromatic nitrogens is 4. The third kappa shape index (κ3) is 1.87. The fourth-order valence-electron chi connectivity index (χ4n) is 2.47. The van der Waals surface area contributed by atoms with E-state index in [9.17, 15) is 9.59 Å². The molecule has 1 unspecified atom stereocenters. The molecule has 102 valence electrons. The van der Waals surface area contributed by atoms with Gasteiger partial charge in [0.1, 0.15) is 0 Å². The third-order valence-corrected chi connectivity index (χ3v) is 3.62. The van der Waals surface area contributed by atoms with Crippen LogP contribution in [0.2, 0.25) is 0 Å². The molecule has 2 heterocycles. The van der Waals surface area contributed by atoms with E-state index < -0.39 is 5.41 Å². The number of rotatable bonds is 3. The van der Waals surface area contributed by atoms with E-state index >= 15 is 0 Å². The maximum Gasteiger partial charge on any atom is 0.240 e. The molecule has 1 aliphatic heterocycles. The number of carbonyl (C=O) groups excluding carboxylic acids is 2. The van der Waals surface area contributed by atoms with Crippen LogP contribution < -0.4 is 0 Å². The maximum absolute atomic E-state index is 12.6. The molecule has 1 fully saturated rings. The minimum absolute atomic E-state index is 0.0522. The lowest BCUT2D eigenvalue weighted by Gasteiger charge is -2.22. The van der Waals surface area contributed by atoms with E-state index in [4.69, 9.17) is 0 Å². The standard InChI is InChI=1S/C13H13N5O2/c1-13(9-5-3-2-4-6-9)7-11(19)18(12(13)20)8-10-14-16-17-15-10/h2-6H,7-8H2,1H3,(H,14,15,16,17). The van der Waals surface area contributed by atoms with Crippen molar-refractivity contribution < 1.29 is 9.59 Å². The van der Waals surface area contributed by atoms with Crippen LogP contribution in [0, 0.1) is 0 Å². The average Bonchev–Trinajstić information content (AvgIpc) is 3.04. The van der Waals surface area contributed by atoms with Gasteiger partial charge in [0.25, 0.3) is 0 Å². The fourth-order valence-corrected chi connectivity index (χ4v) is 2.47. The lowest BCUT2D eigenvalue weighted by Crippen LogP contribution is -2.36. The normalized spacial score (nSPS) is 22.6. The van der Waals surface area contributed by atoms with Crippen LogP contribution in [0.3, 0.4) is 0 Å². The Hall–Kier alpha value is -2.57. The number of likely N-dealkylation sites (tertiary alicyclic amines) is 1. The number of amides is 2. The summed E-state index contributed by atoms with van der Waals surface area (Å²) in [5.41, 5.74) is 0.0242. The van der Waals surface area contributed by atoms with Crippen molar-refractivity contribution in [3.8, 4) is 0 Å². The SMILES string of the molecule is CC1(c2ccccc2)CC(=O)N(Cc2nn[nH]n2)C1=O. The van der Waals surface area contributed by atoms with Crippen molar-refractivity contribution in [3.63, 3.8) is 0 Å². The Morgan fingerprint density at radius 3 is 2.70 bits per heavy atom. The summed E-state index contributed by atoms with van der Waals surface area (Å²) in [5, 5.41) is 13.3. The van der Waals surface area contributed by atoms with Gasteiger partial charge < -0.3 is 0 Å². The summed E-state index contributed by atoms with van der Waals surface area (Å²) in [6, 6.07) is 9.33. The van der Waals surface area contributed by atoms with Gasteiger partial charge in [-0.1, -0.05) is 35.5 Å². The predicted molar refractivity (Wildman–Crippen MR) is 68.1 cm³/mol. The van der Waals surface area contributed by atoms with E-state index in [2.05, 4.69) is 20.6 Å². The number of carbonyl (C=O) groups is 2. The lowest BCUT2D eigenvalue weighted by molar-refractivity contribution is -0.140. The molecule has 1 aliphatic rings. The van der Waals surface area contributed by atoms with E-state index in [1.54, 1.807) is 6.92 Å². The number of nitrogens with zero attached hydrogens (tertiary/aromatic N) is 4. The van der Waals surface area contributed by atoms with Crippen molar-refractivity contribution in [2.45, 2.75) is 25.3 Å². The first-order chi connectivity index (χ1) is 9.61. The number of benzene rings is 1. The molecular formula is C13H13N5O2. The van der Waals surface area contributed by atoms with Gasteiger partial charge in [-0.3, -0.25) is 14.5 Å². The van der Waals surface area contributed by atoms with Crippen molar-refractivity contribution in [1.29, 1.82) is 0 Å². The van der Waals surface area contributed by atoms with Crippen LogP contribution in [-0.2, 0) is 21.5 Å². The van der Waals surface area contributed by atoms with Crippen molar-refractivity contribution in [2.75, 3.05) is 0 Å². The minimum atomic E-state index is -0.817. The predicted octanol–water partition coefficient (Wildman–Crippen LogP) is 0.416. The molecule has 2 amide bonds. The smallest absolute Gasteiger partial charge is 0.240 e. The van der Waals surface area contributed by atoms with Crippen LogP contribution in [-0.4, -0.2) is 37.3 Å². The van der Waals surface area contributed by atoms with Crippen molar-refractivity contribution in [3.05, 3.63) is 41.7 Å². The average molecular weight is 271 g/mol. The Labute approximate surface area is 115 Å². The van der Waals surface area contributed by atoms with Gasteiger partial charge in [0, 0.05) is 6.42 Å². The Morgan fingerprint density at radius 1 is 1.30 bits per heavy atom. The van der Waals surface area contributed by atoms with E-state index in [0.717, 1.165) is 5.56 Å². The van der Waals surface area contributed by atoms with Crippen LogP contribution in [0.4, 0.5) is 0 Å². The van der Waals surface area contributed by atoms with Crippen LogP contribution in [0.15, 0.2) is 30.3 Å². The maximum atomic E-state index is 12.6.